The van der Waals surface area contributed by atoms with Crippen LogP contribution in [0.3, 0.4) is 0 Å². The van der Waals surface area contributed by atoms with E-state index in [9.17, 15) is 4.79 Å². The summed E-state index contributed by atoms with van der Waals surface area (Å²) in [6, 6.07) is 1.18. The van der Waals surface area contributed by atoms with Gasteiger partial charge in [0.05, 0.1) is 5.56 Å². The van der Waals surface area contributed by atoms with Crippen molar-refractivity contribution in [2.45, 2.75) is 26.5 Å². The number of furan rings is 1. The second-order valence-electron chi connectivity index (χ2n) is 3.21. The van der Waals surface area contributed by atoms with Crippen molar-refractivity contribution in [3.05, 3.63) is 17.4 Å². The van der Waals surface area contributed by atoms with Gasteiger partial charge in [0.2, 0.25) is 0 Å². The SMILES string of the molecule is CC(C)NC(=O)c1cc(O)oc1CO. The lowest BCUT2D eigenvalue weighted by molar-refractivity contribution is 0.0937. The Morgan fingerprint density at radius 2 is 2.29 bits per heavy atom. The van der Waals surface area contributed by atoms with Crippen LogP contribution in [-0.4, -0.2) is 22.2 Å². The molecule has 0 radical (unpaired) electrons. The molecular weight excluding hydrogens is 186 g/mol. The molecule has 0 saturated heterocycles. The monoisotopic (exact) mass is 199 g/mol. The zero-order chi connectivity index (χ0) is 10.7. The van der Waals surface area contributed by atoms with Crippen molar-refractivity contribution in [1.29, 1.82) is 0 Å². The summed E-state index contributed by atoms with van der Waals surface area (Å²) < 4.78 is 4.71. The summed E-state index contributed by atoms with van der Waals surface area (Å²) in [7, 11) is 0. The van der Waals surface area contributed by atoms with Crippen LogP contribution < -0.4 is 5.32 Å². The Morgan fingerprint density at radius 3 is 2.79 bits per heavy atom. The van der Waals surface area contributed by atoms with E-state index < -0.39 is 6.61 Å². The molecule has 0 saturated carbocycles. The zero-order valence-corrected chi connectivity index (χ0v) is 8.07. The average molecular weight is 199 g/mol. The van der Waals surface area contributed by atoms with Crippen molar-refractivity contribution in [3.8, 4) is 5.95 Å². The minimum absolute atomic E-state index is 0.00825. The van der Waals surface area contributed by atoms with Crippen LogP contribution in [0.25, 0.3) is 0 Å². The van der Waals surface area contributed by atoms with Crippen LogP contribution in [0, 0.1) is 0 Å². The summed E-state index contributed by atoms with van der Waals surface area (Å²) in [5.74, 6) is -0.670. The first-order chi connectivity index (χ1) is 6.54. The standard InChI is InChI=1S/C9H13NO4/c1-5(2)10-9(13)6-3-8(12)14-7(6)4-11/h3,5,11-12H,4H2,1-2H3,(H,10,13). The molecule has 1 rings (SSSR count). The van der Waals surface area contributed by atoms with Crippen LogP contribution in [0.5, 0.6) is 5.95 Å². The van der Waals surface area contributed by atoms with E-state index >= 15 is 0 Å². The van der Waals surface area contributed by atoms with Crippen molar-refractivity contribution >= 4 is 5.91 Å². The summed E-state index contributed by atoms with van der Waals surface area (Å²) in [6.07, 6.45) is 0. The number of hydrogen-bond acceptors (Lipinski definition) is 4. The van der Waals surface area contributed by atoms with Gasteiger partial charge in [-0.2, -0.15) is 0 Å². The minimum Gasteiger partial charge on any atom is -0.481 e. The molecule has 0 aliphatic carbocycles. The van der Waals surface area contributed by atoms with Crippen LogP contribution in [0.4, 0.5) is 0 Å². The summed E-state index contributed by atoms with van der Waals surface area (Å²) in [5.41, 5.74) is 0.165. The van der Waals surface area contributed by atoms with E-state index in [1.165, 1.54) is 6.07 Å². The van der Waals surface area contributed by atoms with Gasteiger partial charge < -0.3 is 19.9 Å². The number of aromatic hydroxyl groups is 1. The molecule has 0 aromatic carbocycles. The van der Waals surface area contributed by atoms with Gasteiger partial charge in [-0.25, -0.2) is 0 Å². The third-order valence-corrected chi connectivity index (χ3v) is 1.60. The Labute approximate surface area is 81.4 Å². The molecule has 0 unspecified atom stereocenters. The van der Waals surface area contributed by atoms with Crippen molar-refractivity contribution in [2.75, 3.05) is 0 Å². The van der Waals surface area contributed by atoms with E-state index in [4.69, 9.17) is 14.6 Å². The predicted octanol–water partition coefficient (Wildman–Crippen LogP) is 0.616. The first-order valence-corrected chi connectivity index (χ1v) is 4.28. The summed E-state index contributed by atoms with van der Waals surface area (Å²) in [6.45, 7) is 3.22. The highest BCUT2D eigenvalue weighted by atomic mass is 16.5. The Bertz CT molecular complexity index is 330. The van der Waals surface area contributed by atoms with Gasteiger partial charge in [0, 0.05) is 12.1 Å². The average Bonchev–Trinajstić information content (AvgIpc) is 2.45. The van der Waals surface area contributed by atoms with Crippen LogP contribution in [-0.2, 0) is 6.61 Å². The molecule has 78 valence electrons. The number of carbonyl (C=O) groups excluding carboxylic acids is 1. The molecule has 1 heterocycles. The van der Waals surface area contributed by atoms with Gasteiger partial charge in [-0.3, -0.25) is 4.79 Å². The Balaban J connectivity index is 2.88. The summed E-state index contributed by atoms with van der Waals surface area (Å²) in [5, 5.41) is 20.4. The smallest absolute Gasteiger partial charge is 0.282 e. The van der Waals surface area contributed by atoms with Crippen molar-refractivity contribution in [2.24, 2.45) is 0 Å². The van der Waals surface area contributed by atoms with Crippen molar-refractivity contribution < 1.29 is 19.4 Å². The Morgan fingerprint density at radius 1 is 1.64 bits per heavy atom. The lowest BCUT2D eigenvalue weighted by atomic mass is 10.2. The van der Waals surface area contributed by atoms with Gasteiger partial charge in [-0.15, -0.1) is 0 Å². The Kier molecular flexibility index (Phi) is 3.14. The fourth-order valence-electron chi connectivity index (χ4n) is 1.06. The molecule has 3 N–H and O–H groups in total. The fraction of sp³-hybridized carbons (Fsp3) is 0.444. The van der Waals surface area contributed by atoms with E-state index in [2.05, 4.69) is 5.32 Å². The van der Waals surface area contributed by atoms with E-state index in [1.54, 1.807) is 0 Å². The molecule has 1 amide bonds. The lowest BCUT2D eigenvalue weighted by Gasteiger charge is -2.06. The number of carbonyl (C=O) groups is 1. The highest BCUT2D eigenvalue weighted by Crippen LogP contribution is 2.20. The first-order valence-electron chi connectivity index (χ1n) is 4.28. The number of aliphatic hydroxyl groups is 1. The largest absolute Gasteiger partial charge is 0.481 e. The third-order valence-electron chi connectivity index (χ3n) is 1.60. The van der Waals surface area contributed by atoms with Gasteiger partial charge in [-0.05, 0) is 13.8 Å². The molecule has 0 atom stereocenters. The predicted molar refractivity (Wildman–Crippen MR) is 48.9 cm³/mol. The number of aliphatic hydroxyl groups excluding tert-OH is 1. The number of nitrogens with one attached hydrogen (secondary N) is 1. The van der Waals surface area contributed by atoms with Gasteiger partial charge in [-0.1, -0.05) is 0 Å². The molecule has 0 bridgehead atoms. The highest BCUT2D eigenvalue weighted by Gasteiger charge is 2.17. The quantitative estimate of drug-likeness (QED) is 0.666. The molecule has 1 aromatic heterocycles. The third kappa shape index (κ3) is 2.26. The molecule has 5 nitrogen and oxygen atoms in total. The maximum absolute atomic E-state index is 11.5. The zero-order valence-electron chi connectivity index (χ0n) is 8.07. The van der Waals surface area contributed by atoms with Crippen LogP contribution in [0.15, 0.2) is 10.5 Å². The molecule has 0 aliphatic rings. The molecule has 0 spiro atoms. The topological polar surface area (TPSA) is 82.7 Å². The van der Waals surface area contributed by atoms with Gasteiger partial charge in [0.1, 0.15) is 12.4 Å². The van der Waals surface area contributed by atoms with Gasteiger partial charge in [0.25, 0.3) is 11.9 Å². The van der Waals surface area contributed by atoms with Crippen LogP contribution in [0.2, 0.25) is 0 Å². The molecule has 1 aromatic rings. The maximum Gasteiger partial charge on any atom is 0.282 e. The first kappa shape index (κ1) is 10.6. The molecule has 0 aliphatic heterocycles. The Hall–Kier alpha value is -1.49. The normalized spacial score (nSPS) is 10.6. The van der Waals surface area contributed by atoms with E-state index in [1.807, 2.05) is 13.8 Å². The summed E-state index contributed by atoms with van der Waals surface area (Å²) in [4.78, 5) is 11.5. The second-order valence-corrected chi connectivity index (χ2v) is 3.21. The highest BCUT2D eigenvalue weighted by molar-refractivity contribution is 5.95. The van der Waals surface area contributed by atoms with E-state index in [-0.39, 0.29) is 29.2 Å². The van der Waals surface area contributed by atoms with E-state index in [0.717, 1.165) is 0 Å². The minimum atomic E-state index is -0.415. The van der Waals surface area contributed by atoms with Crippen LogP contribution in [0.1, 0.15) is 30.0 Å². The molecule has 14 heavy (non-hydrogen) atoms. The molecular formula is C9H13NO4. The van der Waals surface area contributed by atoms with Gasteiger partial charge in [0.15, 0.2) is 0 Å². The van der Waals surface area contributed by atoms with Gasteiger partial charge >= 0.3 is 0 Å². The molecule has 5 heteroatoms. The van der Waals surface area contributed by atoms with Crippen molar-refractivity contribution in [1.82, 2.24) is 5.32 Å². The summed E-state index contributed by atoms with van der Waals surface area (Å²) >= 11 is 0. The number of amides is 1. The second kappa shape index (κ2) is 4.15. The fourth-order valence-corrected chi connectivity index (χ4v) is 1.06. The maximum atomic E-state index is 11.5. The van der Waals surface area contributed by atoms with E-state index in [0.29, 0.717) is 0 Å². The number of hydrogen-bond donors (Lipinski definition) is 3. The lowest BCUT2D eigenvalue weighted by Crippen LogP contribution is -2.30. The number of rotatable bonds is 3. The van der Waals surface area contributed by atoms with Crippen LogP contribution >= 0.6 is 0 Å². The molecule has 0 fully saturated rings. The van der Waals surface area contributed by atoms with Crippen molar-refractivity contribution in [3.63, 3.8) is 0 Å².